The van der Waals surface area contributed by atoms with Crippen molar-refractivity contribution in [2.24, 2.45) is 5.73 Å². The summed E-state index contributed by atoms with van der Waals surface area (Å²) in [6.45, 7) is 1.99. The highest BCUT2D eigenvalue weighted by Gasteiger charge is 2.18. The standard InChI is InChI=1S/C12H15NOS/c1-2-10(13)12(14)9-7-15-11-6-4-3-5-8(9)11/h3-7,10,12,14H,2,13H2,1H3. The van der Waals surface area contributed by atoms with Crippen molar-refractivity contribution in [1.29, 1.82) is 0 Å². The van der Waals surface area contributed by atoms with E-state index in [1.807, 2.05) is 30.5 Å². The van der Waals surface area contributed by atoms with E-state index in [1.165, 1.54) is 4.70 Å². The molecule has 80 valence electrons. The molecule has 2 aromatic rings. The van der Waals surface area contributed by atoms with E-state index in [0.717, 1.165) is 17.4 Å². The quantitative estimate of drug-likeness (QED) is 0.837. The molecule has 2 atom stereocenters. The van der Waals surface area contributed by atoms with Crippen molar-refractivity contribution in [3.63, 3.8) is 0 Å². The summed E-state index contributed by atoms with van der Waals surface area (Å²) in [5.41, 5.74) is 6.82. The summed E-state index contributed by atoms with van der Waals surface area (Å²) in [6, 6.07) is 7.92. The summed E-state index contributed by atoms with van der Waals surface area (Å²) >= 11 is 1.65. The molecule has 0 spiro atoms. The number of nitrogens with two attached hydrogens (primary N) is 1. The van der Waals surface area contributed by atoms with Crippen molar-refractivity contribution in [1.82, 2.24) is 0 Å². The SMILES string of the molecule is CCC(N)C(O)c1csc2ccccc12. The lowest BCUT2D eigenvalue weighted by Gasteiger charge is -2.16. The smallest absolute Gasteiger partial charge is 0.0954 e. The molecule has 3 heteroatoms. The first-order valence-electron chi connectivity index (χ1n) is 5.13. The van der Waals surface area contributed by atoms with E-state index in [9.17, 15) is 5.11 Å². The number of hydrogen-bond donors (Lipinski definition) is 2. The van der Waals surface area contributed by atoms with Gasteiger partial charge in [-0.05, 0) is 23.3 Å². The first-order valence-corrected chi connectivity index (χ1v) is 6.01. The van der Waals surface area contributed by atoms with Gasteiger partial charge in [0, 0.05) is 16.3 Å². The molecule has 1 aromatic heterocycles. The summed E-state index contributed by atoms with van der Waals surface area (Å²) in [4.78, 5) is 0. The van der Waals surface area contributed by atoms with Crippen LogP contribution < -0.4 is 5.73 Å². The summed E-state index contributed by atoms with van der Waals surface area (Å²) in [5.74, 6) is 0. The highest BCUT2D eigenvalue weighted by Crippen LogP contribution is 2.31. The van der Waals surface area contributed by atoms with Crippen LogP contribution >= 0.6 is 11.3 Å². The van der Waals surface area contributed by atoms with E-state index < -0.39 is 6.10 Å². The monoisotopic (exact) mass is 221 g/mol. The van der Waals surface area contributed by atoms with Crippen molar-refractivity contribution in [2.45, 2.75) is 25.5 Å². The van der Waals surface area contributed by atoms with Crippen LogP contribution in [-0.4, -0.2) is 11.1 Å². The predicted octanol–water partition coefficient (Wildman–Crippen LogP) is 2.67. The van der Waals surface area contributed by atoms with Gasteiger partial charge in [-0.3, -0.25) is 0 Å². The molecule has 2 unspecified atom stereocenters. The average molecular weight is 221 g/mol. The fraction of sp³-hybridized carbons (Fsp3) is 0.333. The zero-order valence-electron chi connectivity index (χ0n) is 8.68. The lowest BCUT2D eigenvalue weighted by molar-refractivity contribution is 0.146. The molecule has 0 radical (unpaired) electrons. The van der Waals surface area contributed by atoms with Gasteiger partial charge < -0.3 is 10.8 Å². The maximum absolute atomic E-state index is 10.1. The van der Waals surface area contributed by atoms with E-state index >= 15 is 0 Å². The van der Waals surface area contributed by atoms with Crippen LogP contribution in [0.25, 0.3) is 10.1 Å². The lowest BCUT2D eigenvalue weighted by atomic mass is 10.0. The van der Waals surface area contributed by atoms with Gasteiger partial charge in [0.1, 0.15) is 0 Å². The maximum Gasteiger partial charge on any atom is 0.0954 e. The summed E-state index contributed by atoms with van der Waals surface area (Å²) in [7, 11) is 0. The van der Waals surface area contributed by atoms with Crippen LogP contribution in [0.1, 0.15) is 25.0 Å². The minimum Gasteiger partial charge on any atom is -0.387 e. The summed E-state index contributed by atoms with van der Waals surface area (Å²) in [5, 5.41) is 13.2. The van der Waals surface area contributed by atoms with Gasteiger partial charge >= 0.3 is 0 Å². The fourth-order valence-electron chi connectivity index (χ4n) is 1.68. The van der Waals surface area contributed by atoms with Crippen LogP contribution in [0.4, 0.5) is 0 Å². The van der Waals surface area contributed by atoms with Crippen LogP contribution in [0.15, 0.2) is 29.6 Å². The molecule has 1 aromatic carbocycles. The second-order valence-corrected chi connectivity index (χ2v) is 4.62. The largest absolute Gasteiger partial charge is 0.387 e. The van der Waals surface area contributed by atoms with E-state index in [2.05, 4.69) is 6.07 Å². The molecular formula is C12H15NOS. The number of hydrogen-bond acceptors (Lipinski definition) is 3. The van der Waals surface area contributed by atoms with Gasteiger partial charge in [0.2, 0.25) is 0 Å². The molecule has 3 N–H and O–H groups in total. The molecule has 1 heterocycles. The Hall–Kier alpha value is -0.900. The van der Waals surface area contributed by atoms with E-state index in [1.54, 1.807) is 11.3 Å². The van der Waals surface area contributed by atoms with Gasteiger partial charge in [-0.1, -0.05) is 25.1 Å². The van der Waals surface area contributed by atoms with Gasteiger partial charge in [0.05, 0.1) is 6.10 Å². The average Bonchev–Trinajstić information content (AvgIpc) is 2.70. The minimum atomic E-state index is -0.550. The van der Waals surface area contributed by atoms with Crippen molar-refractivity contribution in [2.75, 3.05) is 0 Å². The first kappa shape index (κ1) is 10.6. The van der Waals surface area contributed by atoms with Crippen molar-refractivity contribution in [3.05, 3.63) is 35.2 Å². The predicted molar refractivity (Wildman–Crippen MR) is 65.1 cm³/mol. The molecule has 0 aliphatic rings. The fourth-order valence-corrected chi connectivity index (χ4v) is 2.67. The normalized spacial score (nSPS) is 15.4. The molecule has 0 aliphatic heterocycles. The summed E-state index contributed by atoms with van der Waals surface area (Å²) in [6.07, 6.45) is 0.233. The number of thiophene rings is 1. The van der Waals surface area contributed by atoms with E-state index in [-0.39, 0.29) is 6.04 Å². The molecule has 0 aliphatic carbocycles. The number of benzene rings is 1. The lowest BCUT2D eigenvalue weighted by Crippen LogP contribution is -2.27. The Morgan fingerprint density at radius 1 is 1.40 bits per heavy atom. The highest BCUT2D eigenvalue weighted by atomic mass is 32.1. The third-order valence-corrected chi connectivity index (χ3v) is 3.69. The van der Waals surface area contributed by atoms with E-state index in [4.69, 9.17) is 5.73 Å². The zero-order valence-corrected chi connectivity index (χ0v) is 9.50. The minimum absolute atomic E-state index is 0.178. The summed E-state index contributed by atoms with van der Waals surface area (Å²) < 4.78 is 1.20. The van der Waals surface area contributed by atoms with Crippen molar-refractivity contribution in [3.8, 4) is 0 Å². The molecule has 2 rings (SSSR count). The van der Waals surface area contributed by atoms with Gasteiger partial charge in [0.25, 0.3) is 0 Å². The first-order chi connectivity index (χ1) is 7.24. The van der Waals surface area contributed by atoms with Gasteiger partial charge in [0.15, 0.2) is 0 Å². The van der Waals surface area contributed by atoms with Crippen molar-refractivity contribution >= 4 is 21.4 Å². The molecule has 0 bridgehead atoms. The van der Waals surface area contributed by atoms with Crippen LogP contribution in [0, 0.1) is 0 Å². The molecular weight excluding hydrogens is 206 g/mol. The highest BCUT2D eigenvalue weighted by molar-refractivity contribution is 7.17. The Morgan fingerprint density at radius 3 is 2.87 bits per heavy atom. The van der Waals surface area contributed by atoms with Crippen LogP contribution in [0.5, 0.6) is 0 Å². The zero-order chi connectivity index (χ0) is 10.8. The molecule has 0 amide bonds. The Balaban J connectivity index is 2.43. The van der Waals surface area contributed by atoms with E-state index in [0.29, 0.717) is 0 Å². The number of fused-ring (bicyclic) bond motifs is 1. The third-order valence-electron chi connectivity index (χ3n) is 2.71. The third kappa shape index (κ3) is 1.91. The maximum atomic E-state index is 10.1. The molecule has 15 heavy (non-hydrogen) atoms. The second-order valence-electron chi connectivity index (χ2n) is 3.70. The number of aliphatic hydroxyl groups is 1. The molecule has 0 fully saturated rings. The Labute approximate surface area is 93.3 Å². The topological polar surface area (TPSA) is 46.2 Å². The van der Waals surface area contributed by atoms with Crippen molar-refractivity contribution < 1.29 is 5.11 Å². The molecule has 0 saturated carbocycles. The number of rotatable bonds is 3. The Bertz CT molecular complexity index is 452. The number of aliphatic hydroxyl groups excluding tert-OH is 1. The van der Waals surface area contributed by atoms with Gasteiger partial charge in [-0.15, -0.1) is 11.3 Å². The Morgan fingerprint density at radius 2 is 2.13 bits per heavy atom. The molecule has 0 saturated heterocycles. The molecule has 2 nitrogen and oxygen atoms in total. The van der Waals surface area contributed by atoms with Crippen LogP contribution in [0.3, 0.4) is 0 Å². The Kier molecular flexibility index (Phi) is 3.05. The van der Waals surface area contributed by atoms with Crippen LogP contribution in [-0.2, 0) is 0 Å². The van der Waals surface area contributed by atoms with Crippen LogP contribution in [0.2, 0.25) is 0 Å². The van der Waals surface area contributed by atoms with Gasteiger partial charge in [-0.25, -0.2) is 0 Å². The van der Waals surface area contributed by atoms with Gasteiger partial charge in [-0.2, -0.15) is 0 Å². The second kappa shape index (κ2) is 4.31.